The largest absolute Gasteiger partial charge is 0.374 e. The summed E-state index contributed by atoms with van der Waals surface area (Å²) in [6.45, 7) is -0.649. The van der Waals surface area contributed by atoms with Crippen LogP contribution in [0.1, 0.15) is 0 Å². The Morgan fingerprint density at radius 3 is 2.33 bits per heavy atom. The number of nitrogens with zero attached hydrogens (tertiary/aromatic N) is 1. The highest BCUT2D eigenvalue weighted by atomic mass is 16.5. The lowest BCUT2D eigenvalue weighted by Gasteiger charge is -1.98. The second-order valence-electron chi connectivity index (χ2n) is 0.686. The number of carbonyl (C=O) groups excluding carboxylic acids is 1. The van der Waals surface area contributed by atoms with Crippen molar-refractivity contribution in [3.8, 4) is 0 Å². The quantitative estimate of drug-likeness (QED) is 0.194. The van der Waals surface area contributed by atoms with Crippen molar-refractivity contribution in [2.24, 2.45) is 0 Å². The van der Waals surface area contributed by atoms with Crippen LogP contribution in [0.2, 0.25) is 0 Å². The van der Waals surface area contributed by atoms with E-state index in [2.05, 4.69) is 0 Å². The van der Waals surface area contributed by atoms with Gasteiger partial charge in [-0.1, -0.05) is 0 Å². The van der Waals surface area contributed by atoms with E-state index in [0.717, 1.165) is 0 Å². The molecule has 0 unspecified atom stereocenters. The Kier molecular flexibility index (Phi) is 2.35. The average Bonchev–Trinajstić information content (AvgIpc) is 1.65. The van der Waals surface area contributed by atoms with Gasteiger partial charge in [0.15, 0.2) is 0 Å². The fourth-order valence-electron chi connectivity index (χ4n) is 0.0333. The van der Waals surface area contributed by atoms with Crippen LogP contribution < -0.4 is 0 Å². The summed E-state index contributed by atoms with van der Waals surface area (Å²) in [7, 11) is 0. The molecule has 0 atom stereocenters. The van der Waals surface area contributed by atoms with E-state index in [1.165, 1.54) is 0 Å². The first-order valence-electron chi connectivity index (χ1n) is 1.33. The minimum atomic E-state index is -0.649. The van der Waals surface area contributed by atoms with Crippen molar-refractivity contribution in [3.05, 3.63) is 0 Å². The molecule has 0 saturated heterocycles. The number of amides is 1. The second-order valence-corrected chi connectivity index (χ2v) is 0.686. The molecule has 1 amide bonds. The second kappa shape index (κ2) is 2.62. The third-order valence-corrected chi connectivity index (χ3v) is 0.267. The van der Waals surface area contributed by atoms with E-state index in [0.29, 0.717) is 0 Å². The van der Waals surface area contributed by atoms with E-state index in [1.54, 1.807) is 0 Å². The van der Waals surface area contributed by atoms with Gasteiger partial charge in [-0.05, 0) is 0 Å². The maximum absolute atomic E-state index is 9.25. The normalized spacial score (nSPS) is 7.67. The van der Waals surface area contributed by atoms with E-state index in [9.17, 15) is 4.79 Å². The van der Waals surface area contributed by atoms with Gasteiger partial charge in [-0.3, -0.25) is 10.0 Å². The van der Waals surface area contributed by atoms with Crippen LogP contribution in [0.4, 0.5) is 0 Å². The van der Waals surface area contributed by atoms with Gasteiger partial charge in [0.05, 0.1) is 0 Å². The average molecular weight is 91.1 g/mol. The highest BCUT2D eigenvalue weighted by molar-refractivity contribution is 5.44. The van der Waals surface area contributed by atoms with Crippen molar-refractivity contribution in [1.82, 2.24) is 5.06 Å². The zero-order valence-electron chi connectivity index (χ0n) is 3.03. The smallest absolute Gasteiger partial charge is 0.235 e. The molecule has 0 aromatic carbocycles. The van der Waals surface area contributed by atoms with E-state index in [-0.39, 0.29) is 11.5 Å². The van der Waals surface area contributed by atoms with Gasteiger partial charge < -0.3 is 5.11 Å². The molecular formula is C2H5NO3. The van der Waals surface area contributed by atoms with Gasteiger partial charge in [0, 0.05) is 0 Å². The number of aliphatic hydroxyl groups excluding tert-OH is 1. The van der Waals surface area contributed by atoms with Gasteiger partial charge in [0.25, 0.3) is 0 Å². The lowest BCUT2D eigenvalue weighted by atomic mass is 11.1. The maximum Gasteiger partial charge on any atom is 0.235 e. The lowest BCUT2D eigenvalue weighted by Crippen LogP contribution is -2.16. The van der Waals surface area contributed by atoms with Crippen LogP contribution in [0.25, 0.3) is 0 Å². The van der Waals surface area contributed by atoms with Gasteiger partial charge in [-0.15, -0.1) is 0 Å². The summed E-state index contributed by atoms with van der Waals surface area (Å²) in [4.78, 5) is 9.25. The molecule has 36 valence electrons. The van der Waals surface area contributed by atoms with Crippen LogP contribution in [-0.4, -0.2) is 28.5 Å². The maximum atomic E-state index is 9.25. The number of rotatable bonds is 2. The molecule has 4 heteroatoms. The predicted molar refractivity (Wildman–Crippen MR) is 16.8 cm³/mol. The summed E-state index contributed by atoms with van der Waals surface area (Å²) in [5.41, 5.74) is 0. The molecule has 6 heavy (non-hydrogen) atoms. The minimum absolute atomic E-state index is 0.111. The molecule has 0 aromatic heterocycles. The van der Waals surface area contributed by atoms with Crippen molar-refractivity contribution in [1.29, 1.82) is 0 Å². The first-order chi connectivity index (χ1) is 2.81. The van der Waals surface area contributed by atoms with Crippen LogP contribution in [0, 0.1) is 0 Å². The molecule has 0 saturated carbocycles. The summed E-state index contributed by atoms with van der Waals surface area (Å²) < 4.78 is 0. The number of hydroxylamine groups is 2. The van der Waals surface area contributed by atoms with Crippen LogP contribution in [0.3, 0.4) is 0 Å². The molecule has 0 rings (SSSR count). The molecule has 2 N–H and O–H groups in total. The standard InChI is InChI=1S/C2H5NO3/c4-1-3(6)2-5/h1,5-6H,2H2. The molecule has 0 aliphatic rings. The van der Waals surface area contributed by atoms with Crippen LogP contribution in [-0.2, 0) is 4.79 Å². The summed E-state index contributed by atoms with van der Waals surface area (Å²) in [5, 5.41) is 15.8. The molecule has 0 fully saturated rings. The Labute approximate surface area is 34.6 Å². The Hall–Kier alpha value is -0.610. The fourth-order valence-corrected chi connectivity index (χ4v) is 0.0333. The zero-order chi connectivity index (χ0) is 4.99. The van der Waals surface area contributed by atoms with Gasteiger partial charge in [-0.2, -0.15) is 0 Å². The number of aliphatic hydroxyl groups is 1. The van der Waals surface area contributed by atoms with Gasteiger partial charge in [-0.25, -0.2) is 5.06 Å². The molecule has 0 aliphatic heterocycles. The molecule has 0 aromatic rings. The van der Waals surface area contributed by atoms with Crippen molar-refractivity contribution in [3.63, 3.8) is 0 Å². The summed E-state index contributed by atoms with van der Waals surface area (Å²) in [5.74, 6) is 0. The molecule has 0 spiro atoms. The van der Waals surface area contributed by atoms with Crippen molar-refractivity contribution in [2.75, 3.05) is 6.73 Å². The summed E-state index contributed by atoms with van der Waals surface area (Å²) in [6, 6.07) is 0. The molecular weight excluding hydrogens is 86.0 g/mol. The SMILES string of the molecule is O=CN(O)CO. The Morgan fingerprint density at radius 1 is 1.83 bits per heavy atom. The molecule has 0 heterocycles. The van der Waals surface area contributed by atoms with Crippen molar-refractivity contribution < 1.29 is 15.1 Å². The third kappa shape index (κ3) is 1.68. The topological polar surface area (TPSA) is 60.8 Å². The first-order valence-corrected chi connectivity index (χ1v) is 1.33. The van der Waals surface area contributed by atoms with E-state index >= 15 is 0 Å². The van der Waals surface area contributed by atoms with Crippen molar-refractivity contribution >= 4 is 6.41 Å². The molecule has 0 aliphatic carbocycles. The molecule has 0 radical (unpaired) electrons. The summed E-state index contributed by atoms with van der Waals surface area (Å²) in [6.07, 6.45) is 0.111. The highest BCUT2D eigenvalue weighted by Crippen LogP contribution is 1.61. The summed E-state index contributed by atoms with van der Waals surface area (Å²) >= 11 is 0. The zero-order valence-corrected chi connectivity index (χ0v) is 3.03. The highest BCUT2D eigenvalue weighted by Gasteiger charge is 1.83. The lowest BCUT2D eigenvalue weighted by molar-refractivity contribution is -0.165. The van der Waals surface area contributed by atoms with Gasteiger partial charge in [0.2, 0.25) is 6.41 Å². The Balaban J connectivity index is 2.96. The monoisotopic (exact) mass is 91.0 g/mol. The fraction of sp³-hybridized carbons (Fsp3) is 0.500. The van der Waals surface area contributed by atoms with Gasteiger partial charge >= 0.3 is 0 Å². The van der Waals surface area contributed by atoms with Crippen LogP contribution in [0.15, 0.2) is 0 Å². The predicted octanol–water partition coefficient (Wildman–Crippen LogP) is -1.22. The van der Waals surface area contributed by atoms with Crippen molar-refractivity contribution in [2.45, 2.75) is 0 Å². The van der Waals surface area contributed by atoms with E-state index in [1.807, 2.05) is 0 Å². The van der Waals surface area contributed by atoms with E-state index < -0.39 is 6.73 Å². The van der Waals surface area contributed by atoms with E-state index in [4.69, 9.17) is 10.3 Å². The number of hydrogen-bond acceptors (Lipinski definition) is 3. The minimum Gasteiger partial charge on any atom is -0.374 e. The molecule has 4 nitrogen and oxygen atoms in total. The molecule has 0 bridgehead atoms. The number of hydrogen-bond donors (Lipinski definition) is 2. The van der Waals surface area contributed by atoms with Crippen LogP contribution >= 0.6 is 0 Å². The Bertz CT molecular complexity index is 46.1. The third-order valence-electron chi connectivity index (χ3n) is 0.267. The van der Waals surface area contributed by atoms with Crippen LogP contribution in [0.5, 0.6) is 0 Å². The van der Waals surface area contributed by atoms with Gasteiger partial charge in [0.1, 0.15) is 6.73 Å². The Morgan fingerprint density at radius 2 is 2.33 bits per heavy atom. The number of carbonyl (C=O) groups is 1. The first kappa shape index (κ1) is 5.39.